The first-order valence-electron chi connectivity index (χ1n) is 8.00. The maximum atomic E-state index is 11.8. The number of amides is 2. The molecule has 1 N–H and O–H groups in total. The maximum Gasteiger partial charge on any atom is 0.231 e. The number of nitrogens with zero attached hydrogens (tertiary/aromatic N) is 1. The fraction of sp³-hybridized carbons (Fsp3) is 0.529. The van der Waals surface area contributed by atoms with Crippen LogP contribution < -0.4 is 10.2 Å². The Morgan fingerprint density at radius 3 is 2.78 bits per heavy atom. The third-order valence-corrected chi connectivity index (χ3v) is 4.45. The van der Waals surface area contributed by atoms with Gasteiger partial charge >= 0.3 is 0 Å². The third-order valence-electron chi connectivity index (χ3n) is 4.45. The lowest BCUT2D eigenvalue weighted by Gasteiger charge is -2.28. The molecule has 0 bridgehead atoms. The van der Waals surface area contributed by atoms with Gasteiger partial charge in [-0.25, -0.2) is 0 Å². The molecule has 124 valence electrons. The van der Waals surface area contributed by atoms with Gasteiger partial charge in [-0.2, -0.15) is 0 Å². The topological polar surface area (TPSA) is 67.9 Å². The number of nitrogens with one attached hydrogen (secondary N) is 1. The molecule has 6 nitrogen and oxygen atoms in total. The van der Waals surface area contributed by atoms with Crippen LogP contribution in [0.1, 0.15) is 30.9 Å². The van der Waals surface area contributed by atoms with Crippen molar-refractivity contribution in [2.75, 3.05) is 31.7 Å². The fourth-order valence-corrected chi connectivity index (χ4v) is 3.11. The highest BCUT2D eigenvalue weighted by atomic mass is 16.7. The largest absolute Gasteiger partial charge is 0.356 e. The van der Waals surface area contributed by atoms with Crippen LogP contribution in [0.4, 0.5) is 5.69 Å². The van der Waals surface area contributed by atoms with E-state index in [1.807, 2.05) is 25.1 Å². The highest BCUT2D eigenvalue weighted by Gasteiger charge is 2.39. The Morgan fingerprint density at radius 2 is 2.09 bits per heavy atom. The summed E-state index contributed by atoms with van der Waals surface area (Å²) in [5.74, 6) is -0.728. The lowest BCUT2D eigenvalue weighted by molar-refractivity contribution is -0.170. The van der Waals surface area contributed by atoms with Crippen molar-refractivity contribution in [2.45, 2.75) is 32.0 Å². The Bertz CT molecular complexity index is 623. The van der Waals surface area contributed by atoms with Crippen LogP contribution in [0.3, 0.4) is 0 Å². The van der Waals surface area contributed by atoms with Gasteiger partial charge in [0.15, 0.2) is 5.79 Å². The first-order chi connectivity index (χ1) is 11.1. The molecule has 1 aromatic carbocycles. The smallest absolute Gasteiger partial charge is 0.231 e. The van der Waals surface area contributed by atoms with Crippen LogP contribution in [0.2, 0.25) is 0 Å². The molecule has 0 saturated carbocycles. The van der Waals surface area contributed by atoms with Crippen molar-refractivity contribution in [3.05, 3.63) is 29.3 Å². The summed E-state index contributed by atoms with van der Waals surface area (Å²) < 4.78 is 11.8. The van der Waals surface area contributed by atoms with Gasteiger partial charge in [-0.3, -0.25) is 9.59 Å². The summed E-state index contributed by atoms with van der Waals surface area (Å²) in [5.41, 5.74) is 2.83. The predicted octanol–water partition coefficient (Wildman–Crippen LogP) is 1.32. The maximum absolute atomic E-state index is 11.8. The highest BCUT2D eigenvalue weighted by Crippen LogP contribution is 2.38. The summed E-state index contributed by atoms with van der Waals surface area (Å²) in [6.45, 7) is 3.36. The van der Waals surface area contributed by atoms with E-state index in [4.69, 9.17) is 9.47 Å². The number of ether oxygens (including phenoxy) is 2. The zero-order chi connectivity index (χ0) is 16.4. The first kappa shape index (κ1) is 16.0. The summed E-state index contributed by atoms with van der Waals surface area (Å²) in [6, 6.07) is 5.87. The summed E-state index contributed by atoms with van der Waals surface area (Å²) in [5, 5.41) is 2.86. The molecule has 1 saturated heterocycles. The minimum Gasteiger partial charge on any atom is -0.356 e. The molecule has 2 aliphatic heterocycles. The third kappa shape index (κ3) is 2.96. The molecule has 1 aromatic rings. The van der Waals surface area contributed by atoms with Crippen LogP contribution >= 0.6 is 0 Å². The van der Waals surface area contributed by atoms with E-state index in [1.54, 1.807) is 11.9 Å². The molecule has 0 unspecified atom stereocenters. The van der Waals surface area contributed by atoms with Crippen molar-refractivity contribution >= 4 is 17.5 Å². The molecule has 23 heavy (non-hydrogen) atoms. The normalized spacial score (nSPS) is 19.0. The quantitative estimate of drug-likeness (QED) is 0.889. The van der Waals surface area contributed by atoms with Crippen molar-refractivity contribution in [3.8, 4) is 0 Å². The SMILES string of the molecule is CCC(=O)NCCC1(c2ccc3c(c2)CC(=O)N3C)OCCO1. The molecule has 0 atom stereocenters. The van der Waals surface area contributed by atoms with E-state index in [1.165, 1.54) is 0 Å². The monoisotopic (exact) mass is 318 g/mol. The van der Waals surface area contributed by atoms with Gasteiger partial charge in [0.05, 0.1) is 19.6 Å². The minimum absolute atomic E-state index is 0.0133. The van der Waals surface area contributed by atoms with Crippen LogP contribution in [-0.4, -0.2) is 38.6 Å². The number of hydrogen-bond donors (Lipinski definition) is 1. The van der Waals surface area contributed by atoms with Crippen molar-refractivity contribution in [1.29, 1.82) is 0 Å². The molecule has 2 amide bonds. The second kappa shape index (κ2) is 6.29. The van der Waals surface area contributed by atoms with Gasteiger partial charge in [0, 0.05) is 37.7 Å². The van der Waals surface area contributed by atoms with Crippen LogP contribution in [-0.2, 0) is 31.3 Å². The fourth-order valence-electron chi connectivity index (χ4n) is 3.11. The molecule has 0 radical (unpaired) electrons. The second-order valence-corrected chi connectivity index (χ2v) is 5.88. The van der Waals surface area contributed by atoms with Gasteiger partial charge in [0.2, 0.25) is 11.8 Å². The molecular formula is C17H22N2O4. The van der Waals surface area contributed by atoms with Gasteiger partial charge < -0.3 is 19.7 Å². The van der Waals surface area contributed by atoms with Crippen LogP contribution in [0, 0.1) is 0 Å². The highest BCUT2D eigenvalue weighted by molar-refractivity contribution is 6.00. The van der Waals surface area contributed by atoms with E-state index in [9.17, 15) is 9.59 Å². The van der Waals surface area contributed by atoms with E-state index >= 15 is 0 Å². The predicted molar refractivity (Wildman–Crippen MR) is 85.1 cm³/mol. The molecule has 1 fully saturated rings. The average Bonchev–Trinajstić information content (AvgIpc) is 3.13. The van der Waals surface area contributed by atoms with Gasteiger partial charge in [-0.1, -0.05) is 13.0 Å². The molecule has 3 rings (SSSR count). The van der Waals surface area contributed by atoms with Gasteiger partial charge in [-0.05, 0) is 17.7 Å². The van der Waals surface area contributed by atoms with Crippen LogP contribution in [0.25, 0.3) is 0 Å². The average molecular weight is 318 g/mol. The van der Waals surface area contributed by atoms with Crippen molar-refractivity contribution in [2.24, 2.45) is 0 Å². The van der Waals surface area contributed by atoms with Gasteiger partial charge in [0.1, 0.15) is 0 Å². The zero-order valence-electron chi connectivity index (χ0n) is 13.6. The summed E-state index contributed by atoms with van der Waals surface area (Å²) in [7, 11) is 1.78. The summed E-state index contributed by atoms with van der Waals surface area (Å²) in [6.07, 6.45) is 1.41. The molecule has 0 aromatic heterocycles. The van der Waals surface area contributed by atoms with E-state index in [-0.39, 0.29) is 11.8 Å². The molecule has 2 aliphatic rings. The van der Waals surface area contributed by atoms with Crippen molar-refractivity contribution in [3.63, 3.8) is 0 Å². The molecule has 0 aliphatic carbocycles. The Labute approximate surface area is 135 Å². The van der Waals surface area contributed by atoms with Crippen LogP contribution in [0.15, 0.2) is 18.2 Å². The number of carbonyl (C=O) groups excluding carboxylic acids is 2. The number of rotatable bonds is 5. The van der Waals surface area contributed by atoms with Crippen LogP contribution in [0.5, 0.6) is 0 Å². The summed E-state index contributed by atoms with van der Waals surface area (Å²) >= 11 is 0. The van der Waals surface area contributed by atoms with Gasteiger partial charge in [-0.15, -0.1) is 0 Å². The number of anilines is 1. The second-order valence-electron chi connectivity index (χ2n) is 5.88. The number of fused-ring (bicyclic) bond motifs is 1. The molecule has 6 heteroatoms. The van der Waals surface area contributed by atoms with Gasteiger partial charge in [0.25, 0.3) is 0 Å². The molecular weight excluding hydrogens is 296 g/mol. The van der Waals surface area contributed by atoms with E-state index in [0.717, 1.165) is 16.8 Å². The first-order valence-corrected chi connectivity index (χ1v) is 8.00. The lowest BCUT2D eigenvalue weighted by Crippen LogP contribution is -2.34. The Hall–Kier alpha value is -1.92. The van der Waals surface area contributed by atoms with Crippen molar-refractivity contribution in [1.82, 2.24) is 5.32 Å². The lowest BCUT2D eigenvalue weighted by atomic mass is 9.98. The van der Waals surface area contributed by atoms with E-state index in [2.05, 4.69) is 5.32 Å². The summed E-state index contributed by atoms with van der Waals surface area (Å²) in [4.78, 5) is 24.9. The molecule has 2 heterocycles. The zero-order valence-corrected chi connectivity index (χ0v) is 13.6. The van der Waals surface area contributed by atoms with E-state index < -0.39 is 5.79 Å². The number of carbonyl (C=O) groups is 2. The minimum atomic E-state index is -0.833. The standard InChI is InChI=1S/C17H22N2O4/c1-3-15(20)18-7-6-17(22-8-9-23-17)13-4-5-14-12(10-13)11-16(21)19(14)2/h4-5,10H,3,6-9,11H2,1-2H3,(H,18,20). The Balaban J connectivity index is 1.80. The van der Waals surface area contributed by atoms with Crippen molar-refractivity contribution < 1.29 is 19.1 Å². The number of benzene rings is 1. The Kier molecular flexibility index (Phi) is 4.37. The Morgan fingerprint density at radius 1 is 1.35 bits per heavy atom. The number of likely N-dealkylation sites (N-methyl/N-ethyl adjacent to an activating group) is 1. The molecule has 0 spiro atoms. The number of hydrogen-bond acceptors (Lipinski definition) is 4. The van der Waals surface area contributed by atoms with E-state index in [0.29, 0.717) is 39.0 Å².